The molecule has 0 atom stereocenters. The molecule has 117 valence electrons. The number of piperidine rings is 1. The van der Waals surface area contributed by atoms with Crippen molar-refractivity contribution in [2.45, 2.75) is 25.4 Å². The zero-order valence-corrected chi connectivity index (χ0v) is 12.9. The Hall–Kier alpha value is -1.20. The molecule has 1 aliphatic heterocycles. The van der Waals surface area contributed by atoms with Crippen LogP contribution < -0.4 is 4.90 Å². The molecule has 7 heteroatoms. The fourth-order valence-corrected chi connectivity index (χ4v) is 3.14. The lowest BCUT2D eigenvalue weighted by molar-refractivity contribution is -0.140. The van der Waals surface area contributed by atoms with Gasteiger partial charge < -0.3 is 4.90 Å². The molecule has 2 heterocycles. The van der Waals surface area contributed by atoms with Crippen LogP contribution in [0.1, 0.15) is 25.0 Å². The average molecular weight is 348 g/mol. The van der Waals surface area contributed by atoms with Gasteiger partial charge in [0, 0.05) is 29.2 Å². The molecule has 22 heavy (non-hydrogen) atoms. The smallest absolute Gasteiger partial charge is 0.366 e. The first-order valence-electron chi connectivity index (χ1n) is 6.83. The number of rotatable bonds is 1. The second kappa shape index (κ2) is 5.78. The maximum Gasteiger partial charge on any atom is 0.433 e. The van der Waals surface area contributed by atoms with Crippen molar-refractivity contribution < 1.29 is 13.2 Å². The summed E-state index contributed by atoms with van der Waals surface area (Å²) in [6.07, 6.45) is -1.73. The van der Waals surface area contributed by atoms with Crippen molar-refractivity contribution in [2.24, 2.45) is 0 Å². The van der Waals surface area contributed by atoms with Crippen LogP contribution >= 0.6 is 23.2 Å². The predicted octanol–water partition coefficient (Wildman–Crippen LogP) is 5.71. The summed E-state index contributed by atoms with van der Waals surface area (Å²) in [5.41, 5.74) is -0.380. The van der Waals surface area contributed by atoms with Crippen LogP contribution in [0, 0.1) is 6.54 Å². The number of fused-ring (bicyclic) bond motifs is 1. The van der Waals surface area contributed by atoms with Crippen molar-refractivity contribution in [2.75, 3.05) is 11.4 Å². The van der Waals surface area contributed by atoms with Gasteiger partial charge in [-0.2, -0.15) is 13.2 Å². The second-order valence-corrected chi connectivity index (χ2v) is 6.02. The summed E-state index contributed by atoms with van der Waals surface area (Å²) < 4.78 is 39.3. The number of anilines is 1. The highest BCUT2D eigenvalue weighted by Gasteiger charge is 2.34. The van der Waals surface area contributed by atoms with E-state index in [-0.39, 0.29) is 10.5 Å². The summed E-state index contributed by atoms with van der Waals surface area (Å²) >= 11 is 12.1. The largest absolute Gasteiger partial charge is 0.433 e. The van der Waals surface area contributed by atoms with Crippen LogP contribution in [0.5, 0.6) is 0 Å². The molecule has 1 saturated heterocycles. The maximum absolute atomic E-state index is 13.1. The van der Waals surface area contributed by atoms with E-state index in [1.807, 2.05) is 11.4 Å². The van der Waals surface area contributed by atoms with Gasteiger partial charge in [-0.05, 0) is 37.5 Å². The fraction of sp³-hybridized carbons (Fsp3) is 0.333. The summed E-state index contributed by atoms with van der Waals surface area (Å²) in [5, 5.41) is 1.02. The van der Waals surface area contributed by atoms with Crippen LogP contribution in [0.2, 0.25) is 10.0 Å². The molecular weight excluding hydrogens is 336 g/mol. The number of pyridine rings is 1. The van der Waals surface area contributed by atoms with E-state index in [4.69, 9.17) is 23.2 Å². The van der Waals surface area contributed by atoms with Crippen molar-refractivity contribution in [3.8, 4) is 0 Å². The minimum Gasteiger partial charge on any atom is -0.366 e. The molecule has 0 spiro atoms. The first-order valence-corrected chi connectivity index (χ1v) is 7.59. The van der Waals surface area contributed by atoms with Gasteiger partial charge in [-0.25, -0.2) is 4.98 Å². The molecule has 1 fully saturated rings. The minimum absolute atomic E-state index is 0.117. The molecule has 1 aliphatic rings. The Bertz CT molecular complexity index is 710. The number of hydrogen-bond donors (Lipinski definition) is 0. The van der Waals surface area contributed by atoms with Gasteiger partial charge in [-0.3, -0.25) is 0 Å². The Morgan fingerprint density at radius 1 is 1.09 bits per heavy atom. The molecule has 0 N–H and O–H groups in total. The fourth-order valence-electron chi connectivity index (χ4n) is 2.60. The van der Waals surface area contributed by atoms with Gasteiger partial charge in [0.05, 0.1) is 10.5 Å². The Morgan fingerprint density at radius 3 is 2.50 bits per heavy atom. The summed E-state index contributed by atoms with van der Waals surface area (Å²) in [5.74, 6) is 0. The predicted molar refractivity (Wildman–Crippen MR) is 82.3 cm³/mol. The molecule has 1 aromatic heterocycles. The molecule has 2 aromatic rings. The van der Waals surface area contributed by atoms with Crippen molar-refractivity contribution in [1.29, 1.82) is 0 Å². The molecule has 1 aromatic carbocycles. The highest BCUT2D eigenvalue weighted by Crippen LogP contribution is 2.39. The lowest BCUT2D eigenvalue weighted by Crippen LogP contribution is -2.26. The molecule has 3 rings (SSSR count). The molecule has 0 saturated carbocycles. The van der Waals surface area contributed by atoms with Gasteiger partial charge in [-0.1, -0.05) is 23.2 Å². The molecule has 0 aliphatic carbocycles. The monoisotopic (exact) mass is 347 g/mol. The summed E-state index contributed by atoms with van der Waals surface area (Å²) in [7, 11) is 0. The number of hydrogen-bond acceptors (Lipinski definition) is 2. The Kier molecular flexibility index (Phi) is 4.12. The quantitative estimate of drug-likeness (QED) is 0.656. The third-order valence-corrected chi connectivity index (χ3v) is 4.12. The van der Waals surface area contributed by atoms with Crippen molar-refractivity contribution >= 4 is 39.8 Å². The molecular formula is C15H12Cl2F3N2. The van der Waals surface area contributed by atoms with Gasteiger partial charge in [-0.15, -0.1) is 0 Å². The molecule has 1 radical (unpaired) electrons. The van der Waals surface area contributed by atoms with Gasteiger partial charge in [0.15, 0.2) is 0 Å². The lowest BCUT2D eigenvalue weighted by atomic mass is 10.1. The zero-order chi connectivity index (χ0) is 15.9. The molecule has 0 amide bonds. The van der Waals surface area contributed by atoms with E-state index in [9.17, 15) is 13.2 Å². The van der Waals surface area contributed by atoms with Crippen LogP contribution in [-0.4, -0.2) is 11.5 Å². The third kappa shape index (κ3) is 2.97. The summed E-state index contributed by atoms with van der Waals surface area (Å²) in [6, 6.07) is 4.08. The number of aromatic nitrogens is 1. The van der Waals surface area contributed by atoms with E-state index in [0.29, 0.717) is 22.6 Å². The topological polar surface area (TPSA) is 16.1 Å². The van der Waals surface area contributed by atoms with E-state index < -0.39 is 11.9 Å². The normalized spacial score (nSPS) is 16.3. The SMILES string of the molecule is FC(F)(F)c1cc(N2[CH]CCCC2)c2cc(Cl)cc(Cl)c2n1. The highest BCUT2D eigenvalue weighted by molar-refractivity contribution is 6.38. The Labute approximate surface area is 135 Å². The molecule has 0 bridgehead atoms. The van der Waals surface area contributed by atoms with E-state index in [1.54, 1.807) is 6.07 Å². The number of benzene rings is 1. The summed E-state index contributed by atoms with van der Waals surface area (Å²) in [6.45, 7) is 2.58. The average Bonchev–Trinajstić information content (AvgIpc) is 2.46. The van der Waals surface area contributed by atoms with Gasteiger partial charge >= 0.3 is 6.18 Å². The first-order chi connectivity index (χ1) is 10.4. The van der Waals surface area contributed by atoms with E-state index >= 15 is 0 Å². The zero-order valence-electron chi connectivity index (χ0n) is 11.4. The van der Waals surface area contributed by atoms with Crippen LogP contribution in [-0.2, 0) is 6.18 Å². The highest BCUT2D eigenvalue weighted by atomic mass is 35.5. The van der Waals surface area contributed by atoms with Crippen molar-refractivity contribution in [3.05, 3.63) is 40.5 Å². The van der Waals surface area contributed by atoms with Crippen molar-refractivity contribution in [1.82, 2.24) is 4.98 Å². The van der Waals surface area contributed by atoms with Crippen LogP contribution in [0.15, 0.2) is 18.2 Å². The van der Waals surface area contributed by atoms with Gasteiger partial charge in [0.2, 0.25) is 0 Å². The standard InChI is InChI=1S/C15H12Cl2F3N2/c16-9-6-10-12(22-4-2-1-3-5-22)8-13(15(18,19)20)21-14(10)11(17)7-9/h4,6-8H,1-3,5H2. The van der Waals surface area contributed by atoms with E-state index in [1.165, 1.54) is 6.07 Å². The van der Waals surface area contributed by atoms with Crippen molar-refractivity contribution in [3.63, 3.8) is 0 Å². The number of halogens is 5. The maximum atomic E-state index is 13.1. The van der Waals surface area contributed by atoms with Crippen LogP contribution in [0.3, 0.4) is 0 Å². The Balaban J connectivity index is 2.26. The lowest BCUT2D eigenvalue weighted by Gasteiger charge is -2.30. The first kappa shape index (κ1) is 15.7. The third-order valence-electron chi connectivity index (χ3n) is 3.61. The van der Waals surface area contributed by atoms with Crippen LogP contribution in [0.4, 0.5) is 18.9 Å². The van der Waals surface area contributed by atoms with Crippen LogP contribution in [0.25, 0.3) is 10.9 Å². The molecule has 2 nitrogen and oxygen atoms in total. The van der Waals surface area contributed by atoms with Gasteiger partial charge in [0.1, 0.15) is 5.69 Å². The van der Waals surface area contributed by atoms with E-state index in [2.05, 4.69) is 4.98 Å². The Morgan fingerprint density at radius 2 is 1.86 bits per heavy atom. The molecule has 0 unspecified atom stereocenters. The van der Waals surface area contributed by atoms with E-state index in [0.717, 1.165) is 25.3 Å². The number of nitrogens with zero attached hydrogens (tertiary/aromatic N) is 2. The van der Waals surface area contributed by atoms with Gasteiger partial charge in [0.25, 0.3) is 0 Å². The second-order valence-electron chi connectivity index (χ2n) is 5.18. The summed E-state index contributed by atoms with van der Waals surface area (Å²) in [4.78, 5) is 5.52. The minimum atomic E-state index is -4.53. The number of alkyl halides is 3.